The van der Waals surface area contributed by atoms with Gasteiger partial charge in [-0.3, -0.25) is 9.59 Å². The zero-order chi connectivity index (χ0) is 17.3. The summed E-state index contributed by atoms with van der Waals surface area (Å²) in [4.78, 5) is 31.7. The zero-order valence-corrected chi connectivity index (χ0v) is 14.1. The first kappa shape index (κ1) is 16.2. The molecule has 1 unspecified atom stereocenters. The van der Waals surface area contributed by atoms with Crippen molar-refractivity contribution in [3.63, 3.8) is 0 Å². The number of H-pyrrole nitrogens is 1. The SMILES string of the molecule is O=C(NCc1nc2ccccc2c(=O)[nH]1)C1CC2(CCNCC2)CN1. The molecular weight excluding hydrogens is 318 g/mol. The van der Waals surface area contributed by atoms with Gasteiger partial charge in [0.05, 0.1) is 23.5 Å². The first-order valence-corrected chi connectivity index (χ1v) is 8.85. The average molecular weight is 341 g/mol. The summed E-state index contributed by atoms with van der Waals surface area (Å²) in [6.45, 7) is 3.18. The molecule has 7 nitrogen and oxygen atoms in total. The molecule has 25 heavy (non-hydrogen) atoms. The second-order valence-electron chi connectivity index (χ2n) is 7.14. The largest absolute Gasteiger partial charge is 0.348 e. The number of nitrogens with zero attached hydrogens (tertiary/aromatic N) is 1. The summed E-state index contributed by atoms with van der Waals surface area (Å²) in [5.74, 6) is 0.456. The van der Waals surface area contributed by atoms with Gasteiger partial charge in [-0.2, -0.15) is 0 Å². The van der Waals surface area contributed by atoms with Gasteiger partial charge < -0.3 is 20.9 Å². The third-order valence-corrected chi connectivity index (χ3v) is 5.43. The molecule has 2 aliphatic heterocycles. The Morgan fingerprint density at radius 2 is 2.08 bits per heavy atom. The monoisotopic (exact) mass is 341 g/mol. The van der Waals surface area contributed by atoms with Crippen LogP contribution in [-0.2, 0) is 11.3 Å². The van der Waals surface area contributed by atoms with E-state index in [0.29, 0.717) is 16.7 Å². The maximum absolute atomic E-state index is 12.5. The minimum atomic E-state index is -0.178. The lowest BCUT2D eigenvalue weighted by Gasteiger charge is -2.33. The molecule has 0 radical (unpaired) electrons. The Bertz CT molecular complexity index is 841. The molecule has 3 heterocycles. The van der Waals surface area contributed by atoms with Crippen LogP contribution >= 0.6 is 0 Å². The molecule has 0 aliphatic carbocycles. The van der Waals surface area contributed by atoms with Crippen LogP contribution in [0.25, 0.3) is 10.9 Å². The van der Waals surface area contributed by atoms with Gasteiger partial charge in [0.15, 0.2) is 0 Å². The van der Waals surface area contributed by atoms with Crippen LogP contribution in [0.3, 0.4) is 0 Å². The van der Waals surface area contributed by atoms with E-state index in [0.717, 1.165) is 38.9 Å². The van der Waals surface area contributed by atoms with Gasteiger partial charge in [0.1, 0.15) is 5.82 Å². The normalized spacial score (nSPS) is 22.3. The van der Waals surface area contributed by atoms with Crippen molar-refractivity contribution in [1.29, 1.82) is 0 Å². The van der Waals surface area contributed by atoms with Crippen LogP contribution in [0.2, 0.25) is 0 Å². The molecule has 4 N–H and O–H groups in total. The number of nitrogens with one attached hydrogen (secondary N) is 4. The van der Waals surface area contributed by atoms with Gasteiger partial charge in [-0.05, 0) is 49.9 Å². The Morgan fingerprint density at radius 3 is 2.92 bits per heavy atom. The van der Waals surface area contributed by atoms with E-state index in [1.807, 2.05) is 12.1 Å². The highest BCUT2D eigenvalue weighted by atomic mass is 16.2. The number of hydrogen-bond donors (Lipinski definition) is 4. The second-order valence-corrected chi connectivity index (χ2v) is 7.14. The summed E-state index contributed by atoms with van der Waals surface area (Å²) >= 11 is 0. The van der Waals surface area contributed by atoms with Crippen LogP contribution in [0.4, 0.5) is 0 Å². The molecule has 2 saturated heterocycles. The Kier molecular flexibility index (Phi) is 4.27. The molecule has 7 heteroatoms. The Morgan fingerprint density at radius 1 is 1.28 bits per heavy atom. The Hall–Kier alpha value is -2.25. The van der Waals surface area contributed by atoms with Gasteiger partial charge in [0.2, 0.25) is 5.91 Å². The van der Waals surface area contributed by atoms with Gasteiger partial charge in [0, 0.05) is 6.54 Å². The number of benzene rings is 1. The highest BCUT2D eigenvalue weighted by molar-refractivity contribution is 5.82. The molecule has 132 valence electrons. The van der Waals surface area contributed by atoms with E-state index >= 15 is 0 Å². The number of carbonyl (C=O) groups is 1. The smallest absolute Gasteiger partial charge is 0.258 e. The third-order valence-electron chi connectivity index (χ3n) is 5.43. The number of para-hydroxylation sites is 1. The van der Waals surface area contributed by atoms with Crippen molar-refractivity contribution in [2.24, 2.45) is 5.41 Å². The maximum Gasteiger partial charge on any atom is 0.258 e. The van der Waals surface area contributed by atoms with E-state index in [-0.39, 0.29) is 29.5 Å². The Labute approximate surface area is 145 Å². The fourth-order valence-corrected chi connectivity index (χ4v) is 3.95. The molecule has 2 fully saturated rings. The summed E-state index contributed by atoms with van der Waals surface area (Å²) in [7, 11) is 0. The van der Waals surface area contributed by atoms with Crippen LogP contribution in [0.1, 0.15) is 25.1 Å². The van der Waals surface area contributed by atoms with E-state index in [4.69, 9.17) is 0 Å². The van der Waals surface area contributed by atoms with E-state index in [2.05, 4.69) is 25.9 Å². The highest BCUT2D eigenvalue weighted by Gasteiger charge is 2.41. The van der Waals surface area contributed by atoms with Gasteiger partial charge >= 0.3 is 0 Å². The lowest BCUT2D eigenvalue weighted by atomic mass is 9.77. The number of piperidine rings is 1. The quantitative estimate of drug-likeness (QED) is 0.642. The maximum atomic E-state index is 12.5. The molecule has 1 atom stereocenters. The zero-order valence-electron chi connectivity index (χ0n) is 14.1. The van der Waals surface area contributed by atoms with Crippen molar-refractivity contribution in [3.8, 4) is 0 Å². The predicted octanol–water partition coefficient (Wildman–Crippen LogP) is 0.271. The van der Waals surface area contributed by atoms with E-state index in [9.17, 15) is 9.59 Å². The molecule has 2 aliphatic rings. The fraction of sp³-hybridized carbons (Fsp3) is 0.500. The molecular formula is C18H23N5O2. The number of amides is 1. The van der Waals surface area contributed by atoms with Gasteiger partial charge in [-0.15, -0.1) is 0 Å². The van der Waals surface area contributed by atoms with Crippen molar-refractivity contribution in [2.45, 2.75) is 31.8 Å². The predicted molar refractivity (Wildman–Crippen MR) is 95.2 cm³/mol. The summed E-state index contributed by atoms with van der Waals surface area (Å²) in [5.41, 5.74) is 0.716. The molecule has 2 aromatic rings. The highest BCUT2D eigenvalue weighted by Crippen LogP contribution is 2.37. The van der Waals surface area contributed by atoms with Gasteiger partial charge in [-0.1, -0.05) is 12.1 Å². The number of aromatic amines is 1. The first-order chi connectivity index (χ1) is 12.2. The van der Waals surface area contributed by atoms with E-state index < -0.39 is 0 Å². The van der Waals surface area contributed by atoms with Crippen LogP contribution < -0.4 is 21.5 Å². The van der Waals surface area contributed by atoms with Crippen molar-refractivity contribution in [1.82, 2.24) is 25.9 Å². The van der Waals surface area contributed by atoms with Crippen molar-refractivity contribution < 1.29 is 4.79 Å². The summed E-state index contributed by atoms with van der Waals surface area (Å²) in [5, 5.41) is 10.2. The minimum Gasteiger partial charge on any atom is -0.348 e. The van der Waals surface area contributed by atoms with Crippen LogP contribution in [0.5, 0.6) is 0 Å². The van der Waals surface area contributed by atoms with E-state index in [1.54, 1.807) is 12.1 Å². The molecule has 1 spiro atoms. The lowest BCUT2D eigenvalue weighted by Crippen LogP contribution is -2.40. The molecule has 0 saturated carbocycles. The molecule has 1 aromatic carbocycles. The van der Waals surface area contributed by atoms with Crippen LogP contribution in [0.15, 0.2) is 29.1 Å². The number of carbonyl (C=O) groups excluding carboxylic acids is 1. The number of hydrogen-bond acceptors (Lipinski definition) is 5. The van der Waals surface area contributed by atoms with Crippen molar-refractivity contribution in [3.05, 3.63) is 40.4 Å². The second kappa shape index (κ2) is 6.57. The summed E-state index contributed by atoms with van der Waals surface area (Å²) < 4.78 is 0. The molecule has 0 bridgehead atoms. The topological polar surface area (TPSA) is 98.9 Å². The molecule has 1 amide bonds. The minimum absolute atomic E-state index is 0.0220. The van der Waals surface area contributed by atoms with Gasteiger partial charge in [-0.25, -0.2) is 4.98 Å². The fourth-order valence-electron chi connectivity index (χ4n) is 3.95. The summed E-state index contributed by atoms with van der Waals surface area (Å²) in [6.07, 6.45) is 3.11. The standard InChI is InChI=1S/C18H23N5O2/c24-16-12-3-1-2-4-13(12)22-15(23-16)10-20-17(25)14-9-18(11-21-14)5-7-19-8-6-18/h1-4,14,19,21H,5-11H2,(H,20,25)(H,22,23,24). The van der Waals surface area contributed by atoms with Gasteiger partial charge in [0.25, 0.3) is 5.56 Å². The number of rotatable bonds is 3. The molecule has 4 rings (SSSR count). The van der Waals surface area contributed by atoms with E-state index in [1.165, 1.54) is 0 Å². The Balaban J connectivity index is 1.40. The van der Waals surface area contributed by atoms with Crippen LogP contribution in [-0.4, -0.2) is 41.6 Å². The van der Waals surface area contributed by atoms with Crippen LogP contribution in [0, 0.1) is 5.41 Å². The number of aromatic nitrogens is 2. The third kappa shape index (κ3) is 3.29. The first-order valence-electron chi connectivity index (χ1n) is 8.85. The summed E-state index contributed by atoms with van der Waals surface area (Å²) in [6, 6.07) is 7.03. The number of fused-ring (bicyclic) bond motifs is 1. The lowest BCUT2D eigenvalue weighted by molar-refractivity contribution is -0.123. The van der Waals surface area contributed by atoms with Crippen molar-refractivity contribution >= 4 is 16.8 Å². The molecule has 1 aromatic heterocycles. The average Bonchev–Trinajstić information content (AvgIpc) is 3.04. The van der Waals surface area contributed by atoms with Crippen molar-refractivity contribution in [2.75, 3.05) is 19.6 Å².